The van der Waals surface area contributed by atoms with Gasteiger partial charge < -0.3 is 16.4 Å². The molecule has 1 aliphatic rings. The van der Waals surface area contributed by atoms with Gasteiger partial charge in [0, 0.05) is 33.9 Å². The molecule has 4 aromatic rings. The number of rotatable bonds is 4. The van der Waals surface area contributed by atoms with Crippen molar-refractivity contribution >= 4 is 34.2 Å². The first-order chi connectivity index (χ1) is 14.7. The second-order valence-corrected chi connectivity index (χ2v) is 7.45. The first-order valence-corrected chi connectivity index (χ1v) is 9.91. The summed E-state index contributed by atoms with van der Waals surface area (Å²) in [5, 5.41) is 6.78. The monoisotopic (exact) mass is 391 g/mol. The maximum absolute atomic E-state index is 13.1. The van der Waals surface area contributed by atoms with Gasteiger partial charge in [-0.15, -0.1) is 0 Å². The van der Waals surface area contributed by atoms with Crippen molar-refractivity contribution in [3.63, 3.8) is 0 Å². The predicted octanol–water partition coefficient (Wildman–Crippen LogP) is 5.89. The summed E-state index contributed by atoms with van der Waals surface area (Å²) >= 11 is 0. The summed E-state index contributed by atoms with van der Waals surface area (Å²) in [7, 11) is 0. The van der Waals surface area contributed by atoms with E-state index < -0.39 is 0 Å². The minimum absolute atomic E-state index is 0.0802. The molecule has 0 saturated heterocycles. The molecule has 4 nitrogen and oxygen atoms in total. The minimum atomic E-state index is 0.0802. The lowest BCUT2D eigenvalue weighted by molar-refractivity contribution is 0.103. The number of hydrogen-bond acceptors (Lipinski definition) is 4. The van der Waals surface area contributed by atoms with Gasteiger partial charge in [-0.05, 0) is 72.1 Å². The molecule has 4 N–H and O–H groups in total. The Bertz CT molecular complexity index is 1230. The molecule has 0 heterocycles. The minimum Gasteiger partial charge on any atom is -0.399 e. The van der Waals surface area contributed by atoms with Gasteiger partial charge in [-0.2, -0.15) is 0 Å². The Balaban J connectivity index is 1.38. The Kier molecular flexibility index (Phi) is 4.45. The fraction of sp³-hybridized carbons (Fsp3) is 0.0385. The van der Waals surface area contributed by atoms with Crippen molar-refractivity contribution in [1.82, 2.24) is 0 Å². The van der Waals surface area contributed by atoms with Crippen LogP contribution < -0.4 is 16.4 Å². The fourth-order valence-corrected chi connectivity index (χ4v) is 3.88. The lowest BCUT2D eigenvalue weighted by atomic mass is 9.84. The molecule has 0 spiro atoms. The van der Waals surface area contributed by atoms with Crippen molar-refractivity contribution in [2.24, 2.45) is 0 Å². The van der Waals surface area contributed by atoms with E-state index in [1.54, 1.807) is 0 Å². The van der Waals surface area contributed by atoms with E-state index in [0.29, 0.717) is 0 Å². The Morgan fingerprint density at radius 1 is 0.633 bits per heavy atom. The molecule has 0 saturated carbocycles. The lowest BCUT2D eigenvalue weighted by Gasteiger charge is -2.21. The first-order valence-electron chi connectivity index (χ1n) is 9.91. The number of fused-ring (bicyclic) bond motifs is 2. The van der Waals surface area contributed by atoms with Gasteiger partial charge in [0.2, 0.25) is 0 Å². The Labute approximate surface area is 175 Å². The van der Waals surface area contributed by atoms with Crippen LogP contribution in [0.1, 0.15) is 27.0 Å². The van der Waals surface area contributed by atoms with Crippen molar-refractivity contribution in [2.75, 3.05) is 16.4 Å². The molecular formula is C26H21N3O. The van der Waals surface area contributed by atoms with Gasteiger partial charge in [0.05, 0.1) is 5.69 Å². The summed E-state index contributed by atoms with van der Waals surface area (Å²) in [6.07, 6.45) is 0.775. The smallest absolute Gasteiger partial charge is 0.195 e. The molecule has 1 aliphatic carbocycles. The maximum Gasteiger partial charge on any atom is 0.195 e. The molecule has 0 aromatic heterocycles. The van der Waals surface area contributed by atoms with Gasteiger partial charge in [0.1, 0.15) is 0 Å². The average molecular weight is 391 g/mol. The fourth-order valence-electron chi connectivity index (χ4n) is 3.88. The predicted molar refractivity (Wildman–Crippen MR) is 123 cm³/mol. The van der Waals surface area contributed by atoms with Crippen LogP contribution in [0.3, 0.4) is 0 Å². The molecule has 0 bridgehead atoms. The van der Waals surface area contributed by atoms with Crippen LogP contribution in [0.5, 0.6) is 0 Å². The third-order valence-electron chi connectivity index (χ3n) is 5.38. The number of nitrogens with two attached hydrogens (primary N) is 1. The highest BCUT2D eigenvalue weighted by Gasteiger charge is 2.25. The standard InChI is InChI=1S/C26H21N3O/c27-19-8-10-20(11-9-19)28-21-12-14-22(15-13-21)29-24-7-3-5-18-16-17-4-1-2-6-23(17)26(30)25(18)24/h1-15,28-29H,16,27H2. The molecule has 0 atom stereocenters. The van der Waals surface area contributed by atoms with Crippen LogP contribution in [0.2, 0.25) is 0 Å². The molecular weight excluding hydrogens is 370 g/mol. The topological polar surface area (TPSA) is 67.2 Å². The highest BCUT2D eigenvalue weighted by molar-refractivity contribution is 6.15. The van der Waals surface area contributed by atoms with Gasteiger partial charge in [-0.1, -0.05) is 36.4 Å². The number of carbonyl (C=O) groups excluding carboxylic acids is 1. The largest absolute Gasteiger partial charge is 0.399 e. The molecule has 0 radical (unpaired) electrons. The van der Waals surface area contributed by atoms with Crippen LogP contribution in [-0.4, -0.2) is 5.78 Å². The van der Waals surface area contributed by atoms with Crippen molar-refractivity contribution < 1.29 is 4.79 Å². The summed E-state index contributed by atoms with van der Waals surface area (Å²) in [6.45, 7) is 0. The van der Waals surface area contributed by atoms with Crippen molar-refractivity contribution in [3.8, 4) is 0 Å². The molecule has 0 unspecified atom stereocenters. The van der Waals surface area contributed by atoms with Gasteiger partial charge in [0.15, 0.2) is 5.78 Å². The third-order valence-corrected chi connectivity index (χ3v) is 5.38. The average Bonchev–Trinajstić information content (AvgIpc) is 2.77. The first kappa shape index (κ1) is 18.0. The zero-order valence-electron chi connectivity index (χ0n) is 16.4. The van der Waals surface area contributed by atoms with E-state index in [0.717, 1.165) is 57.1 Å². The number of benzene rings is 4. The number of anilines is 5. The van der Waals surface area contributed by atoms with Crippen molar-refractivity contribution in [1.29, 1.82) is 0 Å². The molecule has 0 fully saturated rings. The van der Waals surface area contributed by atoms with Crippen LogP contribution in [-0.2, 0) is 6.42 Å². The summed E-state index contributed by atoms with van der Waals surface area (Å²) in [5.41, 5.74) is 13.9. The SMILES string of the molecule is Nc1ccc(Nc2ccc(Nc3cccc4c3C(=O)c3ccccc3C4)cc2)cc1. The Morgan fingerprint density at radius 2 is 1.23 bits per heavy atom. The lowest BCUT2D eigenvalue weighted by Crippen LogP contribution is -2.16. The Hall–Kier alpha value is -4.05. The van der Waals surface area contributed by atoms with Gasteiger partial charge in [-0.25, -0.2) is 0 Å². The van der Waals surface area contributed by atoms with Gasteiger partial charge in [-0.3, -0.25) is 4.79 Å². The highest BCUT2D eigenvalue weighted by atomic mass is 16.1. The second kappa shape index (κ2) is 7.41. The van der Waals surface area contributed by atoms with Crippen molar-refractivity contribution in [3.05, 3.63) is 113 Å². The van der Waals surface area contributed by atoms with E-state index in [2.05, 4.69) is 10.6 Å². The van der Waals surface area contributed by atoms with E-state index in [9.17, 15) is 4.79 Å². The van der Waals surface area contributed by atoms with Gasteiger partial charge in [0.25, 0.3) is 0 Å². The number of hydrogen-bond donors (Lipinski definition) is 3. The second-order valence-electron chi connectivity index (χ2n) is 7.45. The molecule has 5 rings (SSSR count). The molecule has 4 heteroatoms. The third kappa shape index (κ3) is 3.40. The quantitative estimate of drug-likeness (QED) is 0.334. The van der Waals surface area contributed by atoms with Crippen molar-refractivity contribution in [2.45, 2.75) is 6.42 Å². The zero-order valence-corrected chi connectivity index (χ0v) is 16.4. The van der Waals surface area contributed by atoms with E-state index in [1.807, 2.05) is 91.0 Å². The number of nitrogen functional groups attached to an aromatic ring is 1. The van der Waals surface area contributed by atoms with Crippen LogP contribution in [0.25, 0.3) is 0 Å². The molecule has 30 heavy (non-hydrogen) atoms. The Morgan fingerprint density at radius 3 is 1.97 bits per heavy atom. The summed E-state index contributed by atoms with van der Waals surface area (Å²) in [5.74, 6) is 0.0802. The van der Waals surface area contributed by atoms with E-state index in [-0.39, 0.29) is 5.78 Å². The number of nitrogens with one attached hydrogen (secondary N) is 2. The van der Waals surface area contributed by atoms with Crippen LogP contribution in [0.15, 0.2) is 91.0 Å². The maximum atomic E-state index is 13.1. The molecule has 0 aliphatic heterocycles. The number of ketones is 1. The van der Waals surface area contributed by atoms with Gasteiger partial charge >= 0.3 is 0 Å². The van der Waals surface area contributed by atoms with E-state index >= 15 is 0 Å². The van der Waals surface area contributed by atoms with Crippen LogP contribution in [0.4, 0.5) is 28.4 Å². The van der Waals surface area contributed by atoms with Crippen LogP contribution >= 0.6 is 0 Å². The molecule has 0 amide bonds. The summed E-state index contributed by atoms with van der Waals surface area (Å²) < 4.78 is 0. The summed E-state index contributed by atoms with van der Waals surface area (Å²) in [4.78, 5) is 13.1. The van der Waals surface area contributed by atoms with Crippen LogP contribution in [0, 0.1) is 0 Å². The van der Waals surface area contributed by atoms with E-state index in [1.165, 1.54) is 0 Å². The van der Waals surface area contributed by atoms with E-state index in [4.69, 9.17) is 5.73 Å². The highest BCUT2D eigenvalue weighted by Crippen LogP contribution is 2.33. The number of carbonyl (C=O) groups is 1. The molecule has 4 aromatic carbocycles. The summed E-state index contributed by atoms with van der Waals surface area (Å²) in [6, 6.07) is 29.5. The normalized spacial score (nSPS) is 12.1. The zero-order chi connectivity index (χ0) is 20.5. The molecule has 146 valence electrons.